The molecule has 4 rings (SSSR count). The molecule has 7 nitrogen and oxygen atoms in total. The van der Waals surface area contributed by atoms with Crippen molar-refractivity contribution in [3.05, 3.63) is 78.1 Å². The maximum atomic E-state index is 13.7. The lowest BCUT2D eigenvalue weighted by Gasteiger charge is -2.09. The zero-order chi connectivity index (χ0) is 21.1. The number of halogens is 1. The average molecular weight is 421 g/mol. The summed E-state index contributed by atoms with van der Waals surface area (Å²) in [5.74, 6) is -0.501. The Bertz CT molecular complexity index is 1240. The van der Waals surface area contributed by atoms with E-state index in [0.29, 0.717) is 16.7 Å². The van der Waals surface area contributed by atoms with E-state index in [1.165, 1.54) is 23.0 Å². The SMILES string of the molecule is COc1ccc(-n2nc3ccc(NC(=S)NC(=O)c4ccccc4F)cc3n2)cc1. The van der Waals surface area contributed by atoms with E-state index in [9.17, 15) is 9.18 Å². The summed E-state index contributed by atoms with van der Waals surface area (Å²) in [7, 11) is 1.60. The van der Waals surface area contributed by atoms with Crippen LogP contribution >= 0.6 is 12.2 Å². The van der Waals surface area contributed by atoms with Crippen molar-refractivity contribution in [2.24, 2.45) is 0 Å². The highest BCUT2D eigenvalue weighted by Crippen LogP contribution is 2.19. The highest BCUT2D eigenvalue weighted by molar-refractivity contribution is 7.80. The molecule has 0 atom stereocenters. The van der Waals surface area contributed by atoms with Crippen LogP contribution < -0.4 is 15.4 Å². The third-order valence-electron chi connectivity index (χ3n) is 4.29. The molecule has 9 heteroatoms. The zero-order valence-electron chi connectivity index (χ0n) is 15.8. The molecule has 30 heavy (non-hydrogen) atoms. The molecule has 0 aliphatic carbocycles. The highest BCUT2D eigenvalue weighted by Gasteiger charge is 2.13. The normalized spacial score (nSPS) is 10.6. The number of thiocarbonyl (C=S) groups is 1. The Labute approximate surface area is 176 Å². The Morgan fingerprint density at radius 3 is 2.50 bits per heavy atom. The number of amides is 1. The molecule has 0 aliphatic rings. The fourth-order valence-corrected chi connectivity index (χ4v) is 3.01. The minimum Gasteiger partial charge on any atom is -0.497 e. The van der Waals surface area contributed by atoms with E-state index in [1.54, 1.807) is 31.4 Å². The zero-order valence-corrected chi connectivity index (χ0v) is 16.6. The van der Waals surface area contributed by atoms with Gasteiger partial charge in [0.15, 0.2) is 5.11 Å². The van der Waals surface area contributed by atoms with E-state index in [4.69, 9.17) is 17.0 Å². The number of carbonyl (C=O) groups excluding carboxylic acids is 1. The Hall–Kier alpha value is -3.85. The number of benzene rings is 3. The number of hydrogen-bond donors (Lipinski definition) is 2. The summed E-state index contributed by atoms with van der Waals surface area (Å²) in [6.45, 7) is 0. The molecule has 0 aliphatic heterocycles. The van der Waals surface area contributed by atoms with Gasteiger partial charge in [0, 0.05) is 5.69 Å². The van der Waals surface area contributed by atoms with Gasteiger partial charge in [0.25, 0.3) is 5.91 Å². The van der Waals surface area contributed by atoms with Crippen LogP contribution in [0.5, 0.6) is 5.75 Å². The van der Waals surface area contributed by atoms with Crippen molar-refractivity contribution in [1.29, 1.82) is 0 Å². The fourth-order valence-electron chi connectivity index (χ4n) is 2.80. The standard InChI is InChI=1S/C21H16FN5O2S/c1-29-15-9-7-14(8-10-15)27-25-18-11-6-13(12-19(18)26-27)23-21(30)24-20(28)16-4-2-3-5-17(16)22/h2-12H,1H3,(H2,23,24,28,30). The van der Waals surface area contributed by atoms with Gasteiger partial charge in [0.2, 0.25) is 0 Å². The predicted molar refractivity (Wildman–Crippen MR) is 116 cm³/mol. The molecule has 0 radical (unpaired) electrons. The minimum absolute atomic E-state index is 0.0464. The van der Waals surface area contributed by atoms with Crippen LogP contribution in [0.4, 0.5) is 10.1 Å². The summed E-state index contributed by atoms with van der Waals surface area (Å²) < 4.78 is 18.9. The van der Waals surface area contributed by atoms with Gasteiger partial charge in [-0.1, -0.05) is 12.1 Å². The summed E-state index contributed by atoms with van der Waals surface area (Å²) >= 11 is 5.17. The van der Waals surface area contributed by atoms with Crippen molar-refractivity contribution in [1.82, 2.24) is 20.3 Å². The molecule has 0 saturated carbocycles. The molecule has 1 aromatic heterocycles. The molecule has 0 spiro atoms. The number of rotatable bonds is 4. The van der Waals surface area contributed by atoms with Crippen LogP contribution in [0.2, 0.25) is 0 Å². The van der Waals surface area contributed by atoms with Crippen LogP contribution in [0, 0.1) is 5.82 Å². The lowest BCUT2D eigenvalue weighted by atomic mass is 10.2. The molecule has 0 fully saturated rings. The summed E-state index contributed by atoms with van der Waals surface area (Å²) in [6.07, 6.45) is 0. The Morgan fingerprint density at radius 1 is 1.03 bits per heavy atom. The lowest BCUT2D eigenvalue weighted by molar-refractivity contribution is 0.0974. The monoisotopic (exact) mass is 421 g/mol. The van der Waals surface area contributed by atoms with Crippen molar-refractivity contribution in [2.45, 2.75) is 0 Å². The first kappa shape index (κ1) is 19.5. The number of methoxy groups -OCH3 is 1. The van der Waals surface area contributed by atoms with Crippen molar-refractivity contribution in [3.63, 3.8) is 0 Å². The number of anilines is 1. The second-order valence-electron chi connectivity index (χ2n) is 6.28. The molecule has 1 heterocycles. The van der Waals surface area contributed by atoms with Crippen LogP contribution in [0.25, 0.3) is 16.7 Å². The average Bonchev–Trinajstić information content (AvgIpc) is 3.17. The molecule has 0 saturated heterocycles. The van der Waals surface area contributed by atoms with E-state index in [0.717, 1.165) is 11.4 Å². The van der Waals surface area contributed by atoms with E-state index in [1.807, 2.05) is 24.3 Å². The third kappa shape index (κ3) is 4.11. The van der Waals surface area contributed by atoms with Gasteiger partial charge in [-0.15, -0.1) is 10.2 Å². The largest absolute Gasteiger partial charge is 0.497 e. The summed E-state index contributed by atoms with van der Waals surface area (Å²) in [4.78, 5) is 13.7. The second-order valence-corrected chi connectivity index (χ2v) is 6.69. The Morgan fingerprint density at radius 2 is 1.77 bits per heavy atom. The van der Waals surface area contributed by atoms with Gasteiger partial charge < -0.3 is 10.1 Å². The van der Waals surface area contributed by atoms with Crippen LogP contribution in [0.1, 0.15) is 10.4 Å². The number of ether oxygens (including phenoxy) is 1. The number of nitrogens with one attached hydrogen (secondary N) is 2. The number of fused-ring (bicyclic) bond motifs is 1. The van der Waals surface area contributed by atoms with Gasteiger partial charge >= 0.3 is 0 Å². The summed E-state index contributed by atoms with van der Waals surface area (Å²) in [5.41, 5.74) is 2.65. The molecule has 0 bridgehead atoms. The van der Waals surface area contributed by atoms with Gasteiger partial charge in [-0.25, -0.2) is 4.39 Å². The molecular formula is C21H16FN5O2S. The van der Waals surface area contributed by atoms with E-state index < -0.39 is 11.7 Å². The first-order valence-corrected chi connectivity index (χ1v) is 9.33. The quantitative estimate of drug-likeness (QED) is 0.489. The summed E-state index contributed by atoms with van der Waals surface area (Å²) in [6, 6.07) is 18.3. The number of carbonyl (C=O) groups is 1. The molecule has 150 valence electrons. The molecule has 2 N–H and O–H groups in total. The first-order chi connectivity index (χ1) is 14.5. The molecular weight excluding hydrogens is 405 g/mol. The summed E-state index contributed by atoms with van der Waals surface area (Å²) in [5, 5.41) is 14.3. The van der Waals surface area contributed by atoms with E-state index in [-0.39, 0.29) is 10.7 Å². The van der Waals surface area contributed by atoms with Gasteiger partial charge in [-0.05, 0) is 66.8 Å². The maximum Gasteiger partial charge on any atom is 0.260 e. The molecule has 0 unspecified atom stereocenters. The van der Waals surface area contributed by atoms with E-state index >= 15 is 0 Å². The van der Waals surface area contributed by atoms with Gasteiger partial charge in [0.1, 0.15) is 22.6 Å². The topological polar surface area (TPSA) is 81.1 Å². The van der Waals surface area contributed by atoms with Gasteiger partial charge in [-0.3, -0.25) is 10.1 Å². The highest BCUT2D eigenvalue weighted by atomic mass is 32.1. The van der Waals surface area contributed by atoms with Crippen LogP contribution in [0.15, 0.2) is 66.7 Å². The Balaban J connectivity index is 1.48. The smallest absolute Gasteiger partial charge is 0.260 e. The minimum atomic E-state index is -0.628. The van der Waals surface area contributed by atoms with Gasteiger partial charge in [-0.2, -0.15) is 4.80 Å². The third-order valence-corrected chi connectivity index (χ3v) is 4.49. The molecule has 3 aromatic carbocycles. The second kappa shape index (κ2) is 8.26. The number of hydrogen-bond acceptors (Lipinski definition) is 5. The fraction of sp³-hybridized carbons (Fsp3) is 0.0476. The number of nitrogens with zero attached hydrogens (tertiary/aromatic N) is 3. The van der Waals surface area contributed by atoms with E-state index in [2.05, 4.69) is 20.8 Å². The van der Waals surface area contributed by atoms with Crippen LogP contribution in [0.3, 0.4) is 0 Å². The van der Waals surface area contributed by atoms with Crippen molar-refractivity contribution >= 4 is 40.0 Å². The first-order valence-electron chi connectivity index (χ1n) is 8.92. The molecule has 1 amide bonds. The maximum absolute atomic E-state index is 13.7. The molecule has 4 aromatic rings. The Kier molecular flexibility index (Phi) is 5.36. The number of aromatic nitrogens is 3. The van der Waals surface area contributed by atoms with Crippen LogP contribution in [-0.2, 0) is 0 Å². The van der Waals surface area contributed by atoms with Crippen molar-refractivity contribution < 1.29 is 13.9 Å². The van der Waals surface area contributed by atoms with Crippen molar-refractivity contribution in [3.8, 4) is 11.4 Å². The lowest BCUT2D eigenvalue weighted by Crippen LogP contribution is -2.34. The van der Waals surface area contributed by atoms with Crippen LogP contribution in [-0.4, -0.2) is 33.1 Å². The van der Waals surface area contributed by atoms with Crippen molar-refractivity contribution in [2.75, 3.05) is 12.4 Å². The predicted octanol–water partition coefficient (Wildman–Crippen LogP) is 3.70. The van der Waals surface area contributed by atoms with Gasteiger partial charge in [0.05, 0.1) is 18.4 Å².